The summed E-state index contributed by atoms with van der Waals surface area (Å²) in [7, 11) is 1.36. The number of carbonyl (C=O) groups excluding carboxylic acids is 1. The standard InChI is InChI=1S/C24H25F3N4O3/c1-16(22-28-21(29-34-22)19-4-3-5-20(14-19)24(25,26)27)31-12-10-30(11-13-31)15-17-6-8-18(9-7-17)23(32)33-2/h3-9,14,16H,10-13,15H2,1-2H3. The molecule has 3 aromatic rings. The molecule has 0 N–H and O–H groups in total. The number of hydrogen-bond donors (Lipinski definition) is 0. The Kier molecular flexibility index (Phi) is 6.99. The van der Waals surface area contributed by atoms with Crippen LogP contribution in [0.3, 0.4) is 0 Å². The molecular formula is C24H25F3N4O3. The number of nitrogens with zero attached hydrogens (tertiary/aromatic N) is 4. The van der Waals surface area contributed by atoms with Crippen LogP contribution in [0, 0.1) is 0 Å². The van der Waals surface area contributed by atoms with E-state index in [-0.39, 0.29) is 23.4 Å². The summed E-state index contributed by atoms with van der Waals surface area (Å²) in [5, 5.41) is 3.90. The average molecular weight is 474 g/mol. The molecule has 1 saturated heterocycles. The van der Waals surface area contributed by atoms with Crippen molar-refractivity contribution in [1.29, 1.82) is 0 Å². The Bertz CT molecular complexity index is 1120. The maximum atomic E-state index is 13.0. The molecule has 1 atom stereocenters. The number of esters is 1. The van der Waals surface area contributed by atoms with Gasteiger partial charge in [-0.25, -0.2) is 4.79 Å². The second-order valence-electron chi connectivity index (χ2n) is 8.21. The third kappa shape index (κ3) is 5.45. The van der Waals surface area contributed by atoms with Crippen molar-refractivity contribution in [3.8, 4) is 11.4 Å². The van der Waals surface area contributed by atoms with E-state index in [1.165, 1.54) is 19.2 Å². The van der Waals surface area contributed by atoms with Crippen LogP contribution < -0.4 is 0 Å². The number of benzene rings is 2. The van der Waals surface area contributed by atoms with Crippen molar-refractivity contribution in [2.75, 3.05) is 33.3 Å². The van der Waals surface area contributed by atoms with E-state index in [4.69, 9.17) is 9.26 Å². The van der Waals surface area contributed by atoms with E-state index >= 15 is 0 Å². The fraction of sp³-hybridized carbons (Fsp3) is 0.375. The monoisotopic (exact) mass is 474 g/mol. The molecule has 10 heteroatoms. The molecule has 0 saturated carbocycles. The van der Waals surface area contributed by atoms with Crippen molar-refractivity contribution >= 4 is 5.97 Å². The number of piperazine rings is 1. The number of alkyl halides is 3. The average Bonchev–Trinajstić information content (AvgIpc) is 3.34. The molecule has 1 aliphatic rings. The molecule has 4 rings (SSSR count). The van der Waals surface area contributed by atoms with Gasteiger partial charge in [0.1, 0.15) is 0 Å². The van der Waals surface area contributed by atoms with E-state index in [0.717, 1.165) is 50.4 Å². The zero-order valence-electron chi connectivity index (χ0n) is 18.9. The summed E-state index contributed by atoms with van der Waals surface area (Å²) in [6.07, 6.45) is -4.43. The molecule has 1 unspecified atom stereocenters. The van der Waals surface area contributed by atoms with Gasteiger partial charge in [0, 0.05) is 38.3 Å². The van der Waals surface area contributed by atoms with E-state index in [1.807, 2.05) is 19.1 Å². The lowest BCUT2D eigenvalue weighted by atomic mass is 10.1. The molecule has 180 valence electrons. The van der Waals surface area contributed by atoms with E-state index in [1.54, 1.807) is 12.1 Å². The number of hydrogen-bond acceptors (Lipinski definition) is 7. The number of halogens is 3. The molecule has 0 aliphatic carbocycles. The highest BCUT2D eigenvalue weighted by Crippen LogP contribution is 2.32. The predicted molar refractivity (Wildman–Crippen MR) is 118 cm³/mol. The van der Waals surface area contributed by atoms with Crippen LogP contribution in [0.1, 0.15) is 40.3 Å². The second kappa shape index (κ2) is 9.94. The number of aromatic nitrogens is 2. The van der Waals surface area contributed by atoms with Crippen LogP contribution in [0.25, 0.3) is 11.4 Å². The van der Waals surface area contributed by atoms with E-state index in [0.29, 0.717) is 11.5 Å². The van der Waals surface area contributed by atoms with Crippen molar-refractivity contribution in [3.05, 3.63) is 71.1 Å². The van der Waals surface area contributed by atoms with E-state index in [2.05, 4.69) is 19.9 Å². The Labute approximate surface area is 195 Å². The number of ether oxygens (including phenoxy) is 1. The van der Waals surface area contributed by atoms with Crippen LogP contribution in [0.2, 0.25) is 0 Å². The van der Waals surface area contributed by atoms with Crippen molar-refractivity contribution < 1.29 is 27.2 Å². The molecule has 7 nitrogen and oxygen atoms in total. The minimum absolute atomic E-state index is 0.141. The zero-order valence-corrected chi connectivity index (χ0v) is 18.9. The van der Waals surface area contributed by atoms with Gasteiger partial charge in [-0.1, -0.05) is 29.4 Å². The smallest absolute Gasteiger partial charge is 0.416 e. The van der Waals surface area contributed by atoms with Gasteiger partial charge in [0.25, 0.3) is 0 Å². The van der Waals surface area contributed by atoms with Gasteiger partial charge in [-0.2, -0.15) is 18.2 Å². The molecule has 2 aromatic carbocycles. The lowest BCUT2D eigenvalue weighted by Crippen LogP contribution is -2.46. The first kappa shape index (κ1) is 23.9. The molecule has 0 bridgehead atoms. The van der Waals surface area contributed by atoms with Gasteiger partial charge in [0.05, 0.1) is 24.3 Å². The SMILES string of the molecule is COC(=O)c1ccc(CN2CCN(C(C)c3nc(-c4cccc(C(F)(F)F)c4)no3)CC2)cc1. The maximum absolute atomic E-state index is 13.0. The summed E-state index contributed by atoms with van der Waals surface area (Å²) in [5.74, 6) is 0.160. The quantitative estimate of drug-likeness (QED) is 0.490. The largest absolute Gasteiger partial charge is 0.465 e. The Morgan fingerprint density at radius 2 is 1.82 bits per heavy atom. The van der Waals surface area contributed by atoms with Crippen LogP contribution in [-0.2, 0) is 17.5 Å². The van der Waals surface area contributed by atoms with Crippen molar-refractivity contribution in [1.82, 2.24) is 19.9 Å². The molecule has 34 heavy (non-hydrogen) atoms. The second-order valence-corrected chi connectivity index (χ2v) is 8.21. The Hall–Kier alpha value is -3.24. The molecular weight excluding hydrogens is 449 g/mol. The van der Waals surface area contributed by atoms with Crippen LogP contribution >= 0.6 is 0 Å². The number of carbonyl (C=O) groups is 1. The first-order valence-electron chi connectivity index (χ1n) is 10.9. The summed E-state index contributed by atoms with van der Waals surface area (Å²) in [4.78, 5) is 20.5. The zero-order chi connectivity index (χ0) is 24.3. The Morgan fingerprint density at radius 3 is 2.47 bits per heavy atom. The third-order valence-electron chi connectivity index (χ3n) is 5.98. The van der Waals surface area contributed by atoms with Crippen LogP contribution in [0.4, 0.5) is 13.2 Å². The fourth-order valence-electron chi connectivity index (χ4n) is 3.94. The fourth-order valence-corrected chi connectivity index (χ4v) is 3.94. The van der Waals surface area contributed by atoms with Gasteiger partial charge >= 0.3 is 12.1 Å². The van der Waals surface area contributed by atoms with Crippen LogP contribution in [0.5, 0.6) is 0 Å². The van der Waals surface area contributed by atoms with Gasteiger partial charge in [0.2, 0.25) is 11.7 Å². The van der Waals surface area contributed by atoms with Crippen molar-refractivity contribution in [3.63, 3.8) is 0 Å². The van der Waals surface area contributed by atoms with E-state index in [9.17, 15) is 18.0 Å². The number of methoxy groups -OCH3 is 1. The highest BCUT2D eigenvalue weighted by Gasteiger charge is 2.31. The molecule has 1 fully saturated rings. The van der Waals surface area contributed by atoms with Crippen molar-refractivity contribution in [2.24, 2.45) is 0 Å². The Morgan fingerprint density at radius 1 is 1.12 bits per heavy atom. The van der Waals surface area contributed by atoms with Gasteiger partial charge < -0.3 is 9.26 Å². The van der Waals surface area contributed by atoms with Gasteiger partial charge in [-0.15, -0.1) is 0 Å². The molecule has 0 spiro atoms. The predicted octanol–water partition coefficient (Wildman–Crippen LogP) is 4.42. The molecule has 1 aliphatic heterocycles. The third-order valence-corrected chi connectivity index (χ3v) is 5.98. The summed E-state index contributed by atoms with van der Waals surface area (Å²) < 4.78 is 49.1. The summed E-state index contributed by atoms with van der Waals surface area (Å²) >= 11 is 0. The van der Waals surface area contributed by atoms with Crippen LogP contribution in [-0.4, -0.2) is 59.2 Å². The van der Waals surface area contributed by atoms with Gasteiger partial charge in [-0.3, -0.25) is 9.80 Å². The summed E-state index contributed by atoms with van der Waals surface area (Å²) in [5.41, 5.74) is 1.14. The first-order chi connectivity index (χ1) is 16.2. The van der Waals surface area contributed by atoms with E-state index < -0.39 is 11.7 Å². The molecule has 1 aromatic heterocycles. The van der Waals surface area contributed by atoms with Gasteiger partial charge in [0.15, 0.2) is 0 Å². The normalized spacial score (nSPS) is 16.4. The molecule has 0 radical (unpaired) electrons. The maximum Gasteiger partial charge on any atom is 0.416 e. The summed E-state index contributed by atoms with van der Waals surface area (Å²) in [6.45, 7) is 5.94. The summed E-state index contributed by atoms with van der Waals surface area (Å²) in [6, 6.07) is 12.1. The topological polar surface area (TPSA) is 71.7 Å². The molecule has 0 amide bonds. The highest BCUT2D eigenvalue weighted by molar-refractivity contribution is 5.89. The van der Waals surface area contributed by atoms with Gasteiger partial charge in [-0.05, 0) is 36.8 Å². The molecule has 2 heterocycles. The lowest BCUT2D eigenvalue weighted by molar-refractivity contribution is -0.137. The van der Waals surface area contributed by atoms with Crippen LogP contribution in [0.15, 0.2) is 53.1 Å². The minimum atomic E-state index is -4.43. The highest BCUT2D eigenvalue weighted by atomic mass is 19.4. The minimum Gasteiger partial charge on any atom is -0.465 e. The lowest BCUT2D eigenvalue weighted by Gasteiger charge is -2.36. The number of rotatable bonds is 6. The van der Waals surface area contributed by atoms with Crippen molar-refractivity contribution in [2.45, 2.75) is 25.7 Å². The first-order valence-corrected chi connectivity index (χ1v) is 10.9. The Balaban J connectivity index is 1.34.